The quantitative estimate of drug-likeness (QED) is 0.488. The van der Waals surface area contributed by atoms with Gasteiger partial charge in [-0.3, -0.25) is 14.9 Å². The molecule has 6 heteroatoms. The van der Waals surface area contributed by atoms with E-state index in [0.717, 1.165) is 16.8 Å². The van der Waals surface area contributed by atoms with E-state index in [1.807, 2.05) is 83.8 Å². The minimum absolute atomic E-state index is 0.00260. The van der Waals surface area contributed by atoms with E-state index in [4.69, 9.17) is 0 Å². The molecule has 0 aliphatic carbocycles. The fraction of sp³-hybridized carbons (Fsp3) is 0.222. The average molecular weight is 439 g/mol. The average Bonchev–Trinajstić information content (AvgIpc) is 3.40. The van der Waals surface area contributed by atoms with Gasteiger partial charge in [0.1, 0.15) is 17.0 Å². The Morgan fingerprint density at radius 3 is 2.06 bits per heavy atom. The van der Waals surface area contributed by atoms with Gasteiger partial charge in [-0.1, -0.05) is 66.7 Å². The van der Waals surface area contributed by atoms with E-state index in [2.05, 4.69) is 15.2 Å². The molecule has 0 atom stereocenters. The van der Waals surface area contributed by atoms with Gasteiger partial charge in [-0.2, -0.15) is 5.10 Å². The van der Waals surface area contributed by atoms with Crippen LogP contribution in [0.15, 0.2) is 91.1 Å². The maximum Gasteiger partial charge on any atom is 0.271 e. The maximum atomic E-state index is 13.1. The summed E-state index contributed by atoms with van der Waals surface area (Å²) in [5.41, 5.74) is 2.50. The van der Waals surface area contributed by atoms with Crippen molar-refractivity contribution in [2.75, 3.05) is 13.1 Å². The fourth-order valence-corrected chi connectivity index (χ4v) is 4.77. The minimum atomic E-state index is -1.10. The smallest absolute Gasteiger partial charge is 0.271 e. The minimum Gasteiger partial charge on any atom is -0.380 e. The summed E-state index contributed by atoms with van der Waals surface area (Å²) in [6.07, 6.45) is 3.11. The molecule has 166 valence electrons. The van der Waals surface area contributed by atoms with Gasteiger partial charge in [0.15, 0.2) is 0 Å². The van der Waals surface area contributed by atoms with E-state index in [9.17, 15) is 9.90 Å². The topological polar surface area (TPSA) is 82.1 Å². The van der Waals surface area contributed by atoms with Crippen LogP contribution < -0.4 is 0 Å². The number of aromatic nitrogens is 3. The summed E-state index contributed by atoms with van der Waals surface area (Å²) in [6, 6.07) is 27.0. The summed E-state index contributed by atoms with van der Waals surface area (Å²) in [6.45, 7) is 1.15. The first kappa shape index (κ1) is 21.1. The first-order valence-electron chi connectivity index (χ1n) is 11.3. The van der Waals surface area contributed by atoms with Crippen LogP contribution in [0.2, 0.25) is 0 Å². The number of aliphatic hydroxyl groups is 1. The van der Waals surface area contributed by atoms with Crippen LogP contribution in [0.1, 0.15) is 34.5 Å². The second-order valence-electron chi connectivity index (χ2n) is 8.45. The van der Waals surface area contributed by atoms with Crippen LogP contribution in [0.25, 0.3) is 11.4 Å². The molecule has 1 saturated heterocycles. The molecule has 0 saturated carbocycles. The van der Waals surface area contributed by atoms with Gasteiger partial charge in [-0.25, -0.2) is 0 Å². The van der Waals surface area contributed by atoms with Crippen molar-refractivity contribution in [1.29, 1.82) is 0 Å². The highest BCUT2D eigenvalue weighted by molar-refractivity contribution is 5.93. The van der Waals surface area contributed by atoms with Crippen molar-refractivity contribution in [3.63, 3.8) is 0 Å². The second kappa shape index (κ2) is 9.00. The van der Waals surface area contributed by atoms with Crippen molar-refractivity contribution in [3.8, 4) is 11.4 Å². The number of nitrogens with one attached hydrogen (secondary N) is 1. The predicted molar refractivity (Wildman–Crippen MR) is 126 cm³/mol. The molecule has 0 radical (unpaired) electrons. The van der Waals surface area contributed by atoms with E-state index in [1.165, 1.54) is 0 Å². The number of nitrogens with zero attached hydrogens (tertiary/aromatic N) is 3. The molecule has 0 spiro atoms. The summed E-state index contributed by atoms with van der Waals surface area (Å²) in [5.74, 6) is -0.0803. The second-order valence-corrected chi connectivity index (χ2v) is 8.45. The first-order chi connectivity index (χ1) is 16.2. The Morgan fingerprint density at radius 2 is 1.48 bits per heavy atom. The molecule has 2 N–H and O–H groups in total. The van der Waals surface area contributed by atoms with E-state index in [-0.39, 0.29) is 11.8 Å². The third-order valence-corrected chi connectivity index (χ3v) is 6.54. The van der Waals surface area contributed by atoms with Gasteiger partial charge in [0.05, 0.1) is 5.69 Å². The highest BCUT2D eigenvalue weighted by Gasteiger charge is 2.42. The van der Waals surface area contributed by atoms with Gasteiger partial charge in [0.25, 0.3) is 5.91 Å². The van der Waals surface area contributed by atoms with Crippen LogP contribution in [0, 0.1) is 5.92 Å². The third-order valence-electron chi connectivity index (χ3n) is 6.54. The molecule has 1 fully saturated rings. The standard InChI is InChI=1S/C27H26N4O2/c32-26(25-19-24(29-30-25)23-13-7-8-16-28-23)31-17-14-22(15-18-31)27(33,20-9-3-1-4-10-20)21-11-5-2-6-12-21/h1-13,16,19,22,33H,14-15,17-18H2,(H,29,30). The molecule has 33 heavy (non-hydrogen) atoms. The monoisotopic (exact) mass is 438 g/mol. The van der Waals surface area contributed by atoms with Crippen LogP contribution in [0.5, 0.6) is 0 Å². The summed E-state index contributed by atoms with van der Waals surface area (Å²) in [7, 11) is 0. The lowest BCUT2D eigenvalue weighted by Gasteiger charge is -2.42. The Kier molecular flexibility index (Phi) is 5.75. The Bertz CT molecular complexity index is 1160. The van der Waals surface area contributed by atoms with Gasteiger partial charge in [-0.15, -0.1) is 0 Å². The summed E-state index contributed by atoms with van der Waals surface area (Å²) < 4.78 is 0. The third kappa shape index (κ3) is 4.05. The van der Waals surface area contributed by atoms with Crippen molar-refractivity contribution >= 4 is 5.91 Å². The van der Waals surface area contributed by atoms with Gasteiger partial charge in [0, 0.05) is 19.3 Å². The van der Waals surface area contributed by atoms with Crippen LogP contribution in [0.3, 0.4) is 0 Å². The fourth-order valence-electron chi connectivity index (χ4n) is 4.77. The Balaban J connectivity index is 1.33. The van der Waals surface area contributed by atoms with Crippen molar-refractivity contribution in [2.45, 2.75) is 18.4 Å². The van der Waals surface area contributed by atoms with E-state index in [1.54, 1.807) is 12.3 Å². The number of piperidine rings is 1. The van der Waals surface area contributed by atoms with Crippen LogP contribution >= 0.6 is 0 Å². The number of carbonyl (C=O) groups excluding carboxylic acids is 1. The zero-order valence-electron chi connectivity index (χ0n) is 18.3. The number of carbonyl (C=O) groups is 1. The molecule has 1 aliphatic heterocycles. The van der Waals surface area contributed by atoms with Crippen molar-refractivity contribution in [3.05, 3.63) is 108 Å². The van der Waals surface area contributed by atoms with Gasteiger partial charge >= 0.3 is 0 Å². The van der Waals surface area contributed by atoms with Crippen molar-refractivity contribution in [1.82, 2.24) is 20.1 Å². The number of hydrogen-bond acceptors (Lipinski definition) is 4. The zero-order valence-corrected chi connectivity index (χ0v) is 18.3. The van der Waals surface area contributed by atoms with Crippen molar-refractivity contribution < 1.29 is 9.90 Å². The number of benzene rings is 2. The molecule has 3 heterocycles. The molecule has 2 aromatic heterocycles. The van der Waals surface area contributed by atoms with Gasteiger partial charge in [-0.05, 0) is 48.1 Å². The Hall–Kier alpha value is -3.77. The summed E-state index contributed by atoms with van der Waals surface area (Å²) in [4.78, 5) is 19.2. The highest BCUT2D eigenvalue weighted by atomic mass is 16.3. The first-order valence-corrected chi connectivity index (χ1v) is 11.3. The largest absolute Gasteiger partial charge is 0.380 e. The SMILES string of the molecule is O=C(c1cc(-c2ccccn2)n[nH]1)N1CCC(C(O)(c2ccccc2)c2ccccc2)CC1. The number of pyridine rings is 1. The lowest BCUT2D eigenvalue weighted by atomic mass is 9.72. The summed E-state index contributed by atoms with van der Waals surface area (Å²) in [5, 5.41) is 19.1. The molecular formula is C27H26N4O2. The van der Waals surface area contributed by atoms with Gasteiger partial charge in [0.2, 0.25) is 0 Å². The van der Waals surface area contributed by atoms with Gasteiger partial charge < -0.3 is 10.0 Å². The molecule has 5 rings (SSSR count). The molecule has 2 aromatic carbocycles. The molecule has 0 unspecified atom stereocenters. The number of likely N-dealkylation sites (tertiary alicyclic amines) is 1. The van der Waals surface area contributed by atoms with E-state index < -0.39 is 5.60 Å². The zero-order chi connectivity index (χ0) is 22.7. The normalized spacial score (nSPS) is 14.9. The number of rotatable bonds is 5. The number of amides is 1. The van der Waals surface area contributed by atoms with Crippen molar-refractivity contribution in [2.24, 2.45) is 5.92 Å². The molecule has 1 amide bonds. The number of hydrogen-bond donors (Lipinski definition) is 2. The number of aromatic amines is 1. The van der Waals surface area contributed by atoms with E-state index >= 15 is 0 Å². The van der Waals surface area contributed by atoms with Crippen LogP contribution in [-0.2, 0) is 5.60 Å². The molecule has 4 aromatic rings. The molecule has 6 nitrogen and oxygen atoms in total. The lowest BCUT2D eigenvalue weighted by molar-refractivity contribution is -0.0123. The van der Waals surface area contributed by atoms with Crippen LogP contribution in [-0.4, -0.2) is 44.2 Å². The van der Waals surface area contributed by atoms with E-state index in [0.29, 0.717) is 37.3 Å². The molecule has 0 bridgehead atoms. The number of H-pyrrole nitrogens is 1. The molecule has 1 aliphatic rings. The lowest BCUT2D eigenvalue weighted by Crippen LogP contribution is -2.46. The molecular weight excluding hydrogens is 412 g/mol. The Morgan fingerprint density at radius 1 is 0.879 bits per heavy atom. The Labute approximate surface area is 192 Å². The predicted octanol–water partition coefficient (Wildman–Crippen LogP) is 4.26. The highest BCUT2D eigenvalue weighted by Crippen LogP contribution is 2.42. The van der Waals surface area contributed by atoms with Crippen LogP contribution in [0.4, 0.5) is 0 Å². The maximum absolute atomic E-state index is 13.1. The summed E-state index contributed by atoms with van der Waals surface area (Å²) >= 11 is 0.